The topological polar surface area (TPSA) is 20.2 Å². The maximum Gasteiger partial charge on any atom is 0.0614 e. The molecular weight excluding hydrogens is 576 g/mol. The van der Waals surface area contributed by atoms with E-state index in [9.17, 15) is 0 Å². The molecule has 0 unspecified atom stereocenters. The molecule has 0 heterocycles. The minimum Gasteiger partial charge on any atom is -0.392 e. The van der Waals surface area contributed by atoms with Gasteiger partial charge in [0.05, 0.1) is 6.61 Å². The van der Waals surface area contributed by atoms with Crippen molar-refractivity contribution in [1.29, 1.82) is 0 Å². The first-order chi connectivity index (χ1) is 19.9. The second-order valence-electron chi connectivity index (χ2n) is 12.4. The fourth-order valence-electron chi connectivity index (χ4n) is 4.26. The van der Waals surface area contributed by atoms with Gasteiger partial charge in [0, 0.05) is 5.33 Å². The van der Waals surface area contributed by atoms with Gasteiger partial charge in [-0.15, -0.1) is 0 Å². The third-order valence-corrected chi connectivity index (χ3v) is 7.50. The van der Waals surface area contributed by atoms with Crippen LogP contribution < -0.4 is 0 Å². The van der Waals surface area contributed by atoms with Crippen molar-refractivity contribution in [2.75, 3.05) is 11.9 Å². The fourth-order valence-corrected chi connectivity index (χ4v) is 4.81. The smallest absolute Gasteiger partial charge is 0.0614 e. The van der Waals surface area contributed by atoms with Gasteiger partial charge in [-0.05, 0) is 146 Å². The zero-order valence-corrected chi connectivity index (χ0v) is 30.9. The summed E-state index contributed by atoms with van der Waals surface area (Å²) in [6.45, 7) is 22.1. The van der Waals surface area contributed by atoms with Gasteiger partial charge in [-0.25, -0.2) is 0 Å². The van der Waals surface area contributed by atoms with E-state index in [1.165, 1.54) is 89.5 Å². The highest BCUT2D eigenvalue weighted by Gasteiger charge is 1.95. The summed E-state index contributed by atoms with van der Waals surface area (Å²) in [5, 5.41) is 9.77. The Labute approximate surface area is 271 Å². The van der Waals surface area contributed by atoms with Crippen LogP contribution in [0.4, 0.5) is 0 Å². The molecule has 0 amide bonds. The molecule has 0 rings (SSSR count). The van der Waals surface area contributed by atoms with Crippen molar-refractivity contribution in [3.63, 3.8) is 0 Å². The Morgan fingerprint density at radius 3 is 0.857 bits per heavy atom. The predicted octanol–water partition coefficient (Wildman–Crippen LogP) is 13.7. The molecule has 1 nitrogen and oxygen atoms in total. The average molecular weight is 644 g/mol. The van der Waals surface area contributed by atoms with E-state index in [4.69, 9.17) is 5.11 Å². The number of hydrogen-bond acceptors (Lipinski definition) is 1. The van der Waals surface area contributed by atoms with Crippen LogP contribution in [-0.2, 0) is 0 Å². The predicted molar refractivity (Wildman–Crippen MR) is 198 cm³/mol. The van der Waals surface area contributed by atoms with Crippen LogP contribution in [0.5, 0.6) is 0 Å². The van der Waals surface area contributed by atoms with Gasteiger partial charge < -0.3 is 5.11 Å². The molecule has 0 saturated carbocycles. The van der Waals surface area contributed by atoms with Crippen LogP contribution in [0.2, 0.25) is 0 Å². The van der Waals surface area contributed by atoms with Gasteiger partial charge in [0.2, 0.25) is 0 Å². The monoisotopic (exact) mass is 642 g/mol. The summed E-state index contributed by atoms with van der Waals surface area (Å²) in [7, 11) is 0. The molecule has 0 aliphatic rings. The molecule has 0 spiro atoms. The molecule has 0 atom stereocenters. The zero-order chi connectivity index (χ0) is 32.2. The maximum atomic E-state index is 8.80. The number of halogens is 1. The molecule has 0 aromatic carbocycles. The molecule has 0 aliphatic carbocycles. The summed E-state index contributed by atoms with van der Waals surface area (Å²) in [4.78, 5) is 0. The van der Waals surface area contributed by atoms with E-state index in [-0.39, 0.29) is 6.61 Å². The van der Waals surface area contributed by atoms with E-state index in [1.807, 2.05) is 6.08 Å². The van der Waals surface area contributed by atoms with Crippen molar-refractivity contribution in [1.82, 2.24) is 0 Å². The molecule has 240 valence electrons. The molecular formula is C40H67BrO. The Hall–Kier alpha value is -1.64. The maximum absolute atomic E-state index is 8.80. The highest BCUT2D eigenvalue weighted by molar-refractivity contribution is 9.09. The molecule has 0 fully saturated rings. The third kappa shape index (κ3) is 32.9. The number of aliphatic hydroxyl groups is 1. The van der Waals surface area contributed by atoms with Crippen molar-refractivity contribution < 1.29 is 5.11 Å². The molecule has 0 radical (unpaired) electrons. The van der Waals surface area contributed by atoms with Crippen LogP contribution in [0.3, 0.4) is 0 Å². The van der Waals surface area contributed by atoms with E-state index in [0.29, 0.717) is 0 Å². The molecule has 1 N–H and O–H groups in total. The van der Waals surface area contributed by atoms with Crippen molar-refractivity contribution >= 4 is 15.9 Å². The van der Waals surface area contributed by atoms with Gasteiger partial charge in [0.15, 0.2) is 0 Å². The van der Waals surface area contributed by atoms with E-state index < -0.39 is 0 Å². The van der Waals surface area contributed by atoms with Gasteiger partial charge >= 0.3 is 0 Å². The number of alkyl halides is 1. The normalized spacial score (nSPS) is 13.5. The Bertz CT molecular complexity index is 860. The Balaban J connectivity index is 0. The highest BCUT2D eigenvalue weighted by Crippen LogP contribution is 2.15. The first kappa shape index (κ1) is 42.5. The summed E-state index contributed by atoms with van der Waals surface area (Å²) in [6.07, 6.45) is 32.2. The lowest BCUT2D eigenvalue weighted by molar-refractivity contribution is 0.341. The highest BCUT2D eigenvalue weighted by atomic mass is 79.9. The fraction of sp³-hybridized carbons (Fsp3) is 0.600. The van der Waals surface area contributed by atoms with Crippen LogP contribution in [0.25, 0.3) is 0 Å². The van der Waals surface area contributed by atoms with Crippen molar-refractivity contribution in [3.8, 4) is 0 Å². The minimum atomic E-state index is 0.158. The molecule has 0 aliphatic heterocycles. The summed E-state index contributed by atoms with van der Waals surface area (Å²) >= 11 is 3.44. The first-order valence-electron chi connectivity index (χ1n) is 16.3. The third-order valence-electron chi connectivity index (χ3n) is 7.17. The van der Waals surface area contributed by atoms with E-state index in [0.717, 1.165) is 37.4 Å². The standard InChI is InChI=1S/C20H33Br.C20H34O/c2*1-17(2)9-6-10-18(3)11-7-12-19(4)13-8-14-20(5)15-16-21/h9,11,13,15H,6-8,10,12,14,16H2,1-5H3;9,11,13,15,21H,6-8,10,12,14,16H2,1-5H3/b2*18-11+,19-13+,20-15+. The van der Waals surface area contributed by atoms with Crippen molar-refractivity contribution in [2.45, 2.75) is 146 Å². The van der Waals surface area contributed by atoms with Crippen molar-refractivity contribution in [2.24, 2.45) is 0 Å². The SMILES string of the molecule is CC(C)=CCC/C(C)=C/CC/C(C)=C/CC/C(C)=C/CBr.CC(C)=CCC/C(C)=C/CC/C(C)=C/CC/C(C)=C/CO. The lowest BCUT2D eigenvalue weighted by Gasteiger charge is -2.02. The molecule has 2 heteroatoms. The second-order valence-corrected chi connectivity index (χ2v) is 13.1. The summed E-state index contributed by atoms with van der Waals surface area (Å²) in [5.74, 6) is 0. The number of hydrogen-bond donors (Lipinski definition) is 1. The average Bonchev–Trinajstić information content (AvgIpc) is 2.89. The molecule has 0 aromatic rings. The van der Waals surface area contributed by atoms with Crippen LogP contribution in [-0.4, -0.2) is 17.0 Å². The minimum absolute atomic E-state index is 0.158. The Morgan fingerprint density at radius 2 is 0.619 bits per heavy atom. The first-order valence-corrected chi connectivity index (χ1v) is 17.4. The quantitative estimate of drug-likeness (QED) is 0.103. The molecule has 0 aromatic heterocycles. The van der Waals surface area contributed by atoms with Crippen molar-refractivity contribution in [3.05, 3.63) is 93.2 Å². The van der Waals surface area contributed by atoms with Gasteiger partial charge in [0.25, 0.3) is 0 Å². The Kier molecular flexibility index (Phi) is 29.8. The van der Waals surface area contributed by atoms with Gasteiger partial charge in [-0.2, -0.15) is 0 Å². The molecule has 0 saturated heterocycles. The van der Waals surface area contributed by atoms with E-state index in [1.54, 1.807) is 0 Å². The van der Waals surface area contributed by atoms with E-state index >= 15 is 0 Å². The number of allylic oxidation sites excluding steroid dienone is 15. The van der Waals surface area contributed by atoms with Crippen LogP contribution in [0, 0.1) is 0 Å². The largest absolute Gasteiger partial charge is 0.392 e. The van der Waals surface area contributed by atoms with E-state index in [2.05, 4.69) is 128 Å². The van der Waals surface area contributed by atoms with Crippen LogP contribution in [0.1, 0.15) is 146 Å². The lowest BCUT2D eigenvalue weighted by atomic mass is 10.0. The summed E-state index contributed by atoms with van der Waals surface area (Å²) < 4.78 is 0. The zero-order valence-electron chi connectivity index (χ0n) is 29.3. The Morgan fingerprint density at radius 1 is 0.381 bits per heavy atom. The van der Waals surface area contributed by atoms with Crippen LogP contribution in [0.15, 0.2) is 93.2 Å². The molecule has 42 heavy (non-hydrogen) atoms. The second kappa shape index (κ2) is 29.4. The summed E-state index contributed by atoms with van der Waals surface area (Å²) in [6, 6.07) is 0. The lowest BCUT2D eigenvalue weighted by Crippen LogP contribution is -1.83. The molecule has 0 bridgehead atoms. The van der Waals surface area contributed by atoms with Gasteiger partial charge in [0.1, 0.15) is 0 Å². The van der Waals surface area contributed by atoms with Crippen LogP contribution >= 0.6 is 15.9 Å². The van der Waals surface area contributed by atoms with Gasteiger partial charge in [-0.1, -0.05) is 109 Å². The summed E-state index contributed by atoms with van der Waals surface area (Å²) in [5.41, 5.74) is 11.6. The number of rotatable bonds is 20. The number of aliphatic hydroxyl groups excluding tert-OH is 1. The van der Waals surface area contributed by atoms with Gasteiger partial charge in [-0.3, -0.25) is 0 Å².